The van der Waals surface area contributed by atoms with E-state index in [1.807, 2.05) is 31.2 Å². The SMILES string of the molecule is CC(C(=O)NCc1cccc(N)c1)C(C)(C)C. The zero-order valence-corrected chi connectivity index (χ0v) is 11.1. The molecule has 1 rings (SSSR count). The van der Waals surface area contributed by atoms with E-state index < -0.39 is 0 Å². The molecule has 1 atom stereocenters. The number of nitrogens with one attached hydrogen (secondary N) is 1. The molecule has 0 spiro atoms. The van der Waals surface area contributed by atoms with Gasteiger partial charge in [-0.1, -0.05) is 39.8 Å². The Morgan fingerprint density at radius 1 is 1.41 bits per heavy atom. The standard InChI is InChI=1S/C14H22N2O/c1-10(14(2,3)4)13(17)16-9-11-6-5-7-12(15)8-11/h5-8,10H,9,15H2,1-4H3,(H,16,17). The van der Waals surface area contributed by atoms with Crippen molar-refractivity contribution in [3.8, 4) is 0 Å². The molecule has 3 N–H and O–H groups in total. The predicted molar refractivity (Wildman–Crippen MR) is 71.3 cm³/mol. The fraction of sp³-hybridized carbons (Fsp3) is 0.500. The van der Waals surface area contributed by atoms with Crippen LogP contribution in [0.25, 0.3) is 0 Å². The molecule has 0 aromatic heterocycles. The summed E-state index contributed by atoms with van der Waals surface area (Å²) < 4.78 is 0. The van der Waals surface area contributed by atoms with E-state index in [1.165, 1.54) is 0 Å². The van der Waals surface area contributed by atoms with Crippen molar-refractivity contribution in [2.45, 2.75) is 34.2 Å². The number of benzene rings is 1. The number of nitrogens with two attached hydrogens (primary N) is 1. The molecule has 0 radical (unpaired) electrons. The second-order valence-corrected chi connectivity index (χ2v) is 5.55. The van der Waals surface area contributed by atoms with E-state index in [2.05, 4.69) is 26.1 Å². The van der Waals surface area contributed by atoms with Crippen molar-refractivity contribution >= 4 is 11.6 Å². The molecule has 0 saturated heterocycles. The summed E-state index contributed by atoms with van der Waals surface area (Å²) >= 11 is 0. The number of carbonyl (C=O) groups is 1. The molecule has 0 saturated carbocycles. The Balaban J connectivity index is 2.54. The third kappa shape index (κ3) is 4.10. The minimum Gasteiger partial charge on any atom is -0.399 e. The van der Waals surface area contributed by atoms with Gasteiger partial charge in [0.1, 0.15) is 0 Å². The highest BCUT2D eigenvalue weighted by atomic mass is 16.1. The van der Waals surface area contributed by atoms with Crippen LogP contribution in [0.1, 0.15) is 33.3 Å². The smallest absolute Gasteiger partial charge is 0.223 e. The number of carbonyl (C=O) groups excluding carboxylic acids is 1. The third-order valence-electron chi connectivity index (χ3n) is 3.11. The predicted octanol–water partition coefficient (Wildman–Crippen LogP) is 2.57. The lowest BCUT2D eigenvalue weighted by molar-refractivity contribution is -0.127. The van der Waals surface area contributed by atoms with Crippen molar-refractivity contribution in [3.63, 3.8) is 0 Å². The van der Waals surface area contributed by atoms with Gasteiger partial charge in [-0.2, -0.15) is 0 Å². The van der Waals surface area contributed by atoms with Gasteiger partial charge in [0.25, 0.3) is 0 Å². The molecule has 0 heterocycles. The molecule has 1 unspecified atom stereocenters. The van der Waals surface area contributed by atoms with Gasteiger partial charge >= 0.3 is 0 Å². The molecule has 1 aromatic rings. The maximum atomic E-state index is 11.9. The first-order valence-corrected chi connectivity index (χ1v) is 5.93. The summed E-state index contributed by atoms with van der Waals surface area (Å²) in [5.74, 6) is 0.0727. The highest BCUT2D eigenvalue weighted by Crippen LogP contribution is 2.25. The molecular weight excluding hydrogens is 212 g/mol. The molecule has 17 heavy (non-hydrogen) atoms. The second-order valence-electron chi connectivity index (χ2n) is 5.55. The van der Waals surface area contributed by atoms with E-state index in [9.17, 15) is 4.79 Å². The second kappa shape index (κ2) is 5.21. The quantitative estimate of drug-likeness (QED) is 0.790. The van der Waals surface area contributed by atoms with Crippen LogP contribution >= 0.6 is 0 Å². The largest absolute Gasteiger partial charge is 0.399 e. The van der Waals surface area contributed by atoms with Gasteiger partial charge in [0.15, 0.2) is 0 Å². The van der Waals surface area contributed by atoms with Gasteiger partial charge in [-0.15, -0.1) is 0 Å². The number of anilines is 1. The molecule has 1 aromatic carbocycles. The number of amides is 1. The van der Waals surface area contributed by atoms with E-state index in [-0.39, 0.29) is 17.2 Å². The van der Waals surface area contributed by atoms with E-state index >= 15 is 0 Å². The van der Waals surface area contributed by atoms with Crippen LogP contribution in [-0.4, -0.2) is 5.91 Å². The molecular formula is C14H22N2O. The normalized spacial score (nSPS) is 13.2. The lowest BCUT2D eigenvalue weighted by Gasteiger charge is -2.26. The van der Waals surface area contributed by atoms with Crippen LogP contribution in [0.3, 0.4) is 0 Å². The molecule has 0 fully saturated rings. The summed E-state index contributed by atoms with van der Waals surface area (Å²) in [5.41, 5.74) is 7.42. The van der Waals surface area contributed by atoms with E-state index in [1.54, 1.807) is 0 Å². The number of rotatable bonds is 3. The summed E-state index contributed by atoms with van der Waals surface area (Å²) in [7, 11) is 0. The van der Waals surface area contributed by atoms with E-state index in [4.69, 9.17) is 5.73 Å². The monoisotopic (exact) mass is 234 g/mol. The van der Waals surface area contributed by atoms with Crippen LogP contribution in [0.2, 0.25) is 0 Å². The molecule has 3 nitrogen and oxygen atoms in total. The number of hydrogen-bond donors (Lipinski definition) is 2. The van der Waals surface area contributed by atoms with Crippen molar-refractivity contribution < 1.29 is 4.79 Å². The van der Waals surface area contributed by atoms with Crippen LogP contribution in [0, 0.1) is 11.3 Å². The summed E-state index contributed by atoms with van der Waals surface area (Å²) in [5, 5.41) is 2.94. The van der Waals surface area contributed by atoms with Crippen molar-refractivity contribution in [3.05, 3.63) is 29.8 Å². The van der Waals surface area contributed by atoms with Gasteiger partial charge < -0.3 is 11.1 Å². The van der Waals surface area contributed by atoms with Gasteiger partial charge in [-0.3, -0.25) is 4.79 Å². The van der Waals surface area contributed by atoms with Crippen LogP contribution in [0.15, 0.2) is 24.3 Å². The fourth-order valence-corrected chi connectivity index (χ4v) is 1.44. The van der Waals surface area contributed by atoms with Crippen LogP contribution in [0.4, 0.5) is 5.69 Å². The van der Waals surface area contributed by atoms with Gasteiger partial charge in [0, 0.05) is 18.2 Å². The van der Waals surface area contributed by atoms with Crippen LogP contribution < -0.4 is 11.1 Å². The first-order chi connectivity index (χ1) is 7.80. The fourth-order valence-electron chi connectivity index (χ4n) is 1.44. The maximum absolute atomic E-state index is 11.9. The van der Waals surface area contributed by atoms with Gasteiger partial charge in [0.05, 0.1) is 0 Å². The number of nitrogen functional groups attached to an aromatic ring is 1. The van der Waals surface area contributed by atoms with Crippen molar-refractivity contribution in [1.29, 1.82) is 0 Å². The Kier molecular flexibility index (Phi) is 4.16. The Morgan fingerprint density at radius 2 is 2.06 bits per heavy atom. The maximum Gasteiger partial charge on any atom is 0.223 e. The minimum atomic E-state index is -0.0141. The zero-order valence-electron chi connectivity index (χ0n) is 11.1. The highest BCUT2D eigenvalue weighted by Gasteiger charge is 2.26. The summed E-state index contributed by atoms with van der Waals surface area (Å²) in [6.07, 6.45) is 0. The number of hydrogen-bond acceptors (Lipinski definition) is 2. The lowest BCUT2D eigenvalue weighted by atomic mass is 9.81. The Hall–Kier alpha value is -1.51. The average Bonchev–Trinajstić information content (AvgIpc) is 2.23. The molecule has 0 aliphatic heterocycles. The molecule has 0 aliphatic rings. The van der Waals surface area contributed by atoms with Crippen molar-refractivity contribution in [2.75, 3.05) is 5.73 Å². The van der Waals surface area contributed by atoms with E-state index in [0.29, 0.717) is 6.54 Å². The average molecular weight is 234 g/mol. The third-order valence-corrected chi connectivity index (χ3v) is 3.11. The first kappa shape index (κ1) is 13.6. The van der Waals surface area contributed by atoms with Crippen LogP contribution in [-0.2, 0) is 11.3 Å². The van der Waals surface area contributed by atoms with Gasteiger partial charge in [-0.25, -0.2) is 0 Å². The zero-order chi connectivity index (χ0) is 13.1. The molecule has 0 aliphatic carbocycles. The Bertz CT molecular complexity index is 393. The van der Waals surface area contributed by atoms with Gasteiger partial charge in [-0.05, 0) is 23.1 Å². The topological polar surface area (TPSA) is 55.1 Å². The lowest BCUT2D eigenvalue weighted by Crippen LogP contribution is -2.35. The molecule has 1 amide bonds. The van der Waals surface area contributed by atoms with Crippen molar-refractivity contribution in [1.82, 2.24) is 5.32 Å². The van der Waals surface area contributed by atoms with Crippen LogP contribution in [0.5, 0.6) is 0 Å². The molecule has 3 heteroatoms. The van der Waals surface area contributed by atoms with Gasteiger partial charge in [0.2, 0.25) is 5.91 Å². The molecule has 0 bridgehead atoms. The first-order valence-electron chi connectivity index (χ1n) is 5.93. The minimum absolute atomic E-state index is 0.0106. The Labute approximate surface area is 103 Å². The van der Waals surface area contributed by atoms with Crippen molar-refractivity contribution in [2.24, 2.45) is 11.3 Å². The summed E-state index contributed by atoms with van der Waals surface area (Å²) in [4.78, 5) is 11.9. The summed E-state index contributed by atoms with van der Waals surface area (Å²) in [6, 6.07) is 7.56. The highest BCUT2D eigenvalue weighted by molar-refractivity contribution is 5.79. The molecule has 94 valence electrons. The summed E-state index contributed by atoms with van der Waals surface area (Å²) in [6.45, 7) is 8.69. The Morgan fingerprint density at radius 3 is 2.59 bits per heavy atom. The van der Waals surface area contributed by atoms with E-state index in [0.717, 1.165) is 11.3 Å².